The highest BCUT2D eigenvalue weighted by molar-refractivity contribution is 7.11. The largest absolute Gasteiger partial charge is 0.510 e. The van der Waals surface area contributed by atoms with Crippen molar-refractivity contribution in [2.24, 2.45) is 0 Å². The van der Waals surface area contributed by atoms with Gasteiger partial charge in [0.15, 0.2) is 0 Å². The summed E-state index contributed by atoms with van der Waals surface area (Å²) < 4.78 is 13.4. The van der Waals surface area contributed by atoms with Gasteiger partial charge in [-0.15, -0.1) is 11.3 Å². The Hall–Kier alpha value is -2.41. The number of hydrogen-bond acceptors (Lipinski definition) is 4. The van der Waals surface area contributed by atoms with Crippen LogP contribution in [0.4, 0.5) is 10.1 Å². The summed E-state index contributed by atoms with van der Waals surface area (Å²) in [5.74, 6) is -0.402. The van der Waals surface area contributed by atoms with E-state index in [4.69, 9.17) is 28.6 Å². The molecule has 1 aromatic heterocycles. The predicted molar refractivity (Wildman–Crippen MR) is 109 cm³/mol. The van der Waals surface area contributed by atoms with Gasteiger partial charge < -0.3 is 10.0 Å². The van der Waals surface area contributed by atoms with E-state index in [1.807, 2.05) is 17.5 Å². The quantitative estimate of drug-likeness (QED) is 0.545. The molecule has 0 atom stereocenters. The van der Waals surface area contributed by atoms with Crippen molar-refractivity contribution in [2.45, 2.75) is 0 Å². The summed E-state index contributed by atoms with van der Waals surface area (Å²) in [4.78, 5) is 6.11. The van der Waals surface area contributed by atoms with Crippen LogP contribution in [0.15, 0.2) is 53.6 Å². The number of thiazole rings is 1. The summed E-state index contributed by atoms with van der Waals surface area (Å²) in [7, 11) is 0. The van der Waals surface area contributed by atoms with E-state index in [9.17, 15) is 9.50 Å². The molecule has 0 amide bonds. The summed E-state index contributed by atoms with van der Waals surface area (Å²) in [6.07, 6.45) is 0. The Morgan fingerprint density at radius 3 is 2.59 bits per heavy atom. The van der Waals surface area contributed by atoms with Crippen LogP contribution in [-0.2, 0) is 0 Å². The van der Waals surface area contributed by atoms with Crippen molar-refractivity contribution in [2.75, 3.05) is 11.4 Å². The van der Waals surface area contributed by atoms with Crippen LogP contribution >= 0.6 is 34.5 Å². The molecule has 0 saturated carbocycles. The van der Waals surface area contributed by atoms with Gasteiger partial charge in [0, 0.05) is 21.7 Å². The van der Waals surface area contributed by atoms with Crippen LogP contribution in [0.3, 0.4) is 0 Å². The van der Waals surface area contributed by atoms with Crippen LogP contribution in [0.2, 0.25) is 10.0 Å². The molecule has 4 nitrogen and oxygen atoms in total. The van der Waals surface area contributed by atoms with E-state index in [-0.39, 0.29) is 23.2 Å². The molecule has 0 bridgehead atoms. The number of benzene rings is 2. The van der Waals surface area contributed by atoms with E-state index < -0.39 is 5.82 Å². The van der Waals surface area contributed by atoms with Gasteiger partial charge >= 0.3 is 0 Å². The predicted octanol–water partition coefficient (Wildman–Crippen LogP) is 6.02. The standard InChI is InChI=1S/C19H12Cl2FN3OS/c20-11-3-1-10(2-4-11)15-9-27-19(24-15)17-16(26)8-25(18(17)23)12-5-6-14(22)13(21)7-12/h1-7,9,23,26H,8H2. The van der Waals surface area contributed by atoms with E-state index in [0.717, 1.165) is 11.3 Å². The minimum absolute atomic E-state index is 0.0347. The fraction of sp³-hybridized carbons (Fsp3) is 0.0526. The molecule has 1 aliphatic heterocycles. The molecule has 2 N–H and O–H groups in total. The minimum Gasteiger partial charge on any atom is -0.510 e. The molecule has 0 fully saturated rings. The van der Waals surface area contributed by atoms with Crippen molar-refractivity contribution in [3.05, 3.63) is 74.5 Å². The number of aromatic nitrogens is 1. The van der Waals surface area contributed by atoms with Crippen LogP contribution in [0.25, 0.3) is 16.8 Å². The number of hydrogen-bond donors (Lipinski definition) is 2. The zero-order valence-corrected chi connectivity index (χ0v) is 16.0. The molecule has 0 spiro atoms. The molecule has 2 heterocycles. The molecule has 27 heavy (non-hydrogen) atoms. The third-order valence-corrected chi connectivity index (χ3v) is 5.58. The smallest absolute Gasteiger partial charge is 0.141 e. The highest BCUT2D eigenvalue weighted by atomic mass is 35.5. The van der Waals surface area contributed by atoms with Crippen molar-refractivity contribution < 1.29 is 9.50 Å². The van der Waals surface area contributed by atoms with Gasteiger partial charge in [-0.3, -0.25) is 5.41 Å². The van der Waals surface area contributed by atoms with Crippen molar-refractivity contribution in [1.29, 1.82) is 5.41 Å². The summed E-state index contributed by atoms with van der Waals surface area (Å²) in [6.45, 7) is 0.103. The molecular formula is C19H12Cl2FN3OS. The molecule has 0 radical (unpaired) electrons. The highest BCUT2D eigenvalue weighted by Crippen LogP contribution is 2.35. The fourth-order valence-electron chi connectivity index (χ4n) is 2.82. The summed E-state index contributed by atoms with van der Waals surface area (Å²) >= 11 is 13.1. The van der Waals surface area contributed by atoms with E-state index in [1.165, 1.54) is 29.5 Å². The lowest BCUT2D eigenvalue weighted by atomic mass is 10.2. The maximum atomic E-state index is 13.4. The van der Waals surface area contributed by atoms with Gasteiger partial charge in [-0.05, 0) is 30.3 Å². The summed E-state index contributed by atoms with van der Waals surface area (Å²) in [5, 5.41) is 21.9. The molecule has 1 aliphatic rings. The Kier molecular flexibility index (Phi) is 4.63. The van der Waals surface area contributed by atoms with Crippen LogP contribution < -0.4 is 4.90 Å². The monoisotopic (exact) mass is 419 g/mol. The third-order valence-electron chi connectivity index (χ3n) is 4.18. The first kappa shape index (κ1) is 18.0. The van der Waals surface area contributed by atoms with Crippen molar-refractivity contribution in [1.82, 2.24) is 4.98 Å². The van der Waals surface area contributed by atoms with E-state index in [1.54, 1.807) is 17.0 Å². The van der Waals surface area contributed by atoms with Gasteiger partial charge in [0.1, 0.15) is 22.4 Å². The lowest BCUT2D eigenvalue weighted by Gasteiger charge is -2.18. The Bertz CT molecular complexity index is 1080. The Labute approximate surface area is 168 Å². The first-order valence-electron chi connectivity index (χ1n) is 7.89. The second kappa shape index (κ2) is 6.96. The number of nitrogens with one attached hydrogen (secondary N) is 1. The van der Waals surface area contributed by atoms with Crippen LogP contribution in [0.5, 0.6) is 0 Å². The number of amidine groups is 1. The molecular weight excluding hydrogens is 408 g/mol. The van der Waals surface area contributed by atoms with Crippen molar-refractivity contribution in [3.63, 3.8) is 0 Å². The second-order valence-corrected chi connectivity index (χ2v) is 7.60. The first-order valence-corrected chi connectivity index (χ1v) is 9.53. The van der Waals surface area contributed by atoms with Crippen LogP contribution in [-0.4, -0.2) is 22.5 Å². The van der Waals surface area contributed by atoms with Crippen LogP contribution in [0, 0.1) is 11.2 Å². The van der Waals surface area contributed by atoms with E-state index in [0.29, 0.717) is 21.3 Å². The van der Waals surface area contributed by atoms with E-state index in [2.05, 4.69) is 4.98 Å². The second-order valence-electron chi connectivity index (χ2n) is 5.90. The maximum Gasteiger partial charge on any atom is 0.141 e. The average Bonchev–Trinajstić information content (AvgIpc) is 3.22. The van der Waals surface area contributed by atoms with Gasteiger partial charge in [0.2, 0.25) is 0 Å². The van der Waals surface area contributed by atoms with Gasteiger partial charge in [0.25, 0.3) is 0 Å². The average molecular weight is 420 g/mol. The molecule has 2 aromatic carbocycles. The lowest BCUT2D eigenvalue weighted by molar-refractivity contribution is 0.411. The van der Waals surface area contributed by atoms with Crippen LogP contribution in [0.1, 0.15) is 5.01 Å². The molecule has 4 rings (SSSR count). The van der Waals surface area contributed by atoms with E-state index >= 15 is 0 Å². The van der Waals surface area contributed by atoms with Crippen molar-refractivity contribution >= 4 is 51.6 Å². The fourth-order valence-corrected chi connectivity index (χ4v) is 4.02. The maximum absolute atomic E-state index is 13.4. The molecule has 0 unspecified atom stereocenters. The topological polar surface area (TPSA) is 60.2 Å². The minimum atomic E-state index is -0.531. The molecule has 0 saturated heterocycles. The molecule has 0 aliphatic carbocycles. The molecule has 136 valence electrons. The Morgan fingerprint density at radius 1 is 1.15 bits per heavy atom. The van der Waals surface area contributed by atoms with Crippen molar-refractivity contribution in [3.8, 4) is 11.3 Å². The number of aliphatic hydroxyl groups is 1. The van der Waals surface area contributed by atoms with Gasteiger partial charge in [0.05, 0.1) is 22.8 Å². The number of nitrogens with zero attached hydrogens (tertiary/aromatic N) is 2. The highest BCUT2D eigenvalue weighted by Gasteiger charge is 2.31. The number of halogens is 3. The Morgan fingerprint density at radius 2 is 1.89 bits per heavy atom. The summed E-state index contributed by atoms with van der Waals surface area (Å²) in [5.41, 5.74) is 2.53. The molecule has 8 heteroatoms. The Balaban J connectivity index is 1.64. The number of rotatable bonds is 3. The third kappa shape index (κ3) is 3.32. The van der Waals surface area contributed by atoms with Gasteiger partial charge in [-0.2, -0.15) is 0 Å². The normalized spacial score (nSPS) is 14.3. The zero-order valence-electron chi connectivity index (χ0n) is 13.7. The van der Waals surface area contributed by atoms with Gasteiger partial charge in [-0.1, -0.05) is 35.3 Å². The number of anilines is 1. The molecule has 3 aromatic rings. The summed E-state index contributed by atoms with van der Waals surface area (Å²) in [6, 6.07) is 11.5. The first-order chi connectivity index (χ1) is 12.9. The SMILES string of the molecule is N=C1C(c2nc(-c3ccc(Cl)cc3)cs2)=C(O)CN1c1ccc(F)c(Cl)c1. The lowest BCUT2D eigenvalue weighted by Crippen LogP contribution is -2.26. The number of aliphatic hydroxyl groups excluding tert-OH is 1. The van der Waals surface area contributed by atoms with Gasteiger partial charge in [-0.25, -0.2) is 9.37 Å². The zero-order chi connectivity index (χ0) is 19.1.